The average molecular weight is 195 g/mol. The first-order valence-electron chi connectivity index (χ1n) is 4.58. The molecule has 2 rings (SSSR count). The Balaban J connectivity index is 2.61. The fourth-order valence-electron chi connectivity index (χ4n) is 1.45. The van der Waals surface area contributed by atoms with Crippen molar-refractivity contribution in [2.24, 2.45) is 0 Å². The van der Waals surface area contributed by atoms with E-state index in [9.17, 15) is 0 Å². The second-order valence-electron chi connectivity index (χ2n) is 3.21. The van der Waals surface area contributed by atoms with Crippen LogP contribution in [0.25, 0.3) is 11.1 Å². The highest BCUT2D eigenvalue weighted by Crippen LogP contribution is 2.22. The molecule has 0 saturated carbocycles. The van der Waals surface area contributed by atoms with Crippen molar-refractivity contribution in [3.05, 3.63) is 48.0 Å². The largest absolute Gasteiger partial charge is 0.264 e. The van der Waals surface area contributed by atoms with Crippen LogP contribution in [0.15, 0.2) is 36.9 Å². The van der Waals surface area contributed by atoms with Crippen LogP contribution < -0.4 is 0 Å². The lowest BCUT2D eigenvalue weighted by Crippen LogP contribution is -1.90. The van der Waals surface area contributed by atoms with Gasteiger partial charge in [0.05, 0.1) is 5.56 Å². The Hall–Kier alpha value is -2.21. The van der Waals surface area contributed by atoms with Gasteiger partial charge < -0.3 is 0 Å². The van der Waals surface area contributed by atoms with E-state index in [2.05, 4.69) is 16.0 Å². The van der Waals surface area contributed by atoms with Crippen molar-refractivity contribution in [1.82, 2.24) is 9.97 Å². The molecule has 2 aromatic heterocycles. The molecular formula is C12H9N3. The number of nitrogens with zero attached hydrogens (tertiary/aromatic N) is 3. The molecule has 0 aromatic carbocycles. The Morgan fingerprint density at radius 1 is 1.20 bits per heavy atom. The summed E-state index contributed by atoms with van der Waals surface area (Å²) in [6, 6.07) is 5.95. The van der Waals surface area contributed by atoms with Crippen molar-refractivity contribution in [2.75, 3.05) is 0 Å². The zero-order valence-corrected chi connectivity index (χ0v) is 8.31. The van der Waals surface area contributed by atoms with Crippen LogP contribution in [0, 0.1) is 18.3 Å². The third kappa shape index (κ3) is 1.70. The van der Waals surface area contributed by atoms with Crippen molar-refractivity contribution >= 4 is 0 Å². The minimum Gasteiger partial charge on any atom is -0.264 e. The van der Waals surface area contributed by atoms with E-state index in [1.807, 2.05) is 19.1 Å². The number of hydrogen-bond acceptors (Lipinski definition) is 3. The fourth-order valence-corrected chi connectivity index (χ4v) is 1.45. The highest BCUT2D eigenvalue weighted by atomic mass is 14.6. The molecule has 0 aliphatic heterocycles. The number of pyridine rings is 2. The molecule has 72 valence electrons. The smallest absolute Gasteiger partial charge is 0.101 e. The van der Waals surface area contributed by atoms with Crippen molar-refractivity contribution in [2.45, 2.75) is 6.92 Å². The van der Waals surface area contributed by atoms with Gasteiger partial charge in [-0.1, -0.05) is 6.07 Å². The first kappa shape index (κ1) is 9.35. The van der Waals surface area contributed by atoms with E-state index in [-0.39, 0.29) is 0 Å². The van der Waals surface area contributed by atoms with Gasteiger partial charge in [0.2, 0.25) is 0 Å². The first-order valence-corrected chi connectivity index (χ1v) is 4.58. The summed E-state index contributed by atoms with van der Waals surface area (Å²) in [5.41, 5.74) is 3.50. The van der Waals surface area contributed by atoms with Crippen molar-refractivity contribution in [1.29, 1.82) is 5.26 Å². The van der Waals surface area contributed by atoms with E-state index in [4.69, 9.17) is 5.26 Å². The molecule has 0 unspecified atom stereocenters. The zero-order valence-electron chi connectivity index (χ0n) is 8.31. The molecule has 0 saturated heterocycles. The van der Waals surface area contributed by atoms with Crippen LogP contribution in [0.1, 0.15) is 11.1 Å². The van der Waals surface area contributed by atoms with Crippen molar-refractivity contribution < 1.29 is 0 Å². The van der Waals surface area contributed by atoms with E-state index in [0.717, 1.165) is 16.7 Å². The second kappa shape index (κ2) is 3.89. The summed E-state index contributed by atoms with van der Waals surface area (Å²) in [5.74, 6) is 0. The molecule has 0 aliphatic carbocycles. The van der Waals surface area contributed by atoms with Gasteiger partial charge in [-0.2, -0.15) is 5.26 Å². The first-order chi connectivity index (χ1) is 7.33. The van der Waals surface area contributed by atoms with Gasteiger partial charge in [0, 0.05) is 35.9 Å². The maximum Gasteiger partial charge on any atom is 0.101 e. The van der Waals surface area contributed by atoms with Crippen LogP contribution in [-0.2, 0) is 0 Å². The molecule has 15 heavy (non-hydrogen) atoms. The van der Waals surface area contributed by atoms with Gasteiger partial charge >= 0.3 is 0 Å². The highest BCUT2D eigenvalue weighted by Gasteiger charge is 2.05. The lowest BCUT2D eigenvalue weighted by Gasteiger charge is -2.05. The standard InChI is InChI=1S/C12H9N3/c1-9-11(5-13)7-15-8-12(9)10-3-2-4-14-6-10/h2-4,6-8H,1H3. The van der Waals surface area contributed by atoms with Crippen LogP contribution in [0.3, 0.4) is 0 Å². The van der Waals surface area contributed by atoms with Crippen LogP contribution in [-0.4, -0.2) is 9.97 Å². The molecule has 3 nitrogen and oxygen atoms in total. The van der Waals surface area contributed by atoms with Crippen LogP contribution >= 0.6 is 0 Å². The molecular weight excluding hydrogens is 186 g/mol. The van der Waals surface area contributed by atoms with Gasteiger partial charge in [-0.15, -0.1) is 0 Å². The summed E-state index contributed by atoms with van der Waals surface area (Å²) in [4.78, 5) is 8.09. The summed E-state index contributed by atoms with van der Waals surface area (Å²) in [7, 11) is 0. The molecule has 0 atom stereocenters. The molecule has 0 bridgehead atoms. The number of nitriles is 1. The molecule has 0 N–H and O–H groups in total. The number of aromatic nitrogens is 2. The Morgan fingerprint density at radius 3 is 2.73 bits per heavy atom. The van der Waals surface area contributed by atoms with Crippen LogP contribution in [0.5, 0.6) is 0 Å². The molecule has 0 amide bonds. The molecule has 2 heterocycles. The highest BCUT2D eigenvalue weighted by molar-refractivity contribution is 5.67. The monoisotopic (exact) mass is 195 g/mol. The molecule has 2 aromatic rings. The molecule has 3 heteroatoms. The quantitative estimate of drug-likeness (QED) is 0.701. The van der Waals surface area contributed by atoms with Crippen molar-refractivity contribution in [3.63, 3.8) is 0 Å². The van der Waals surface area contributed by atoms with Crippen LogP contribution in [0.4, 0.5) is 0 Å². The predicted octanol–water partition coefficient (Wildman–Crippen LogP) is 2.32. The Bertz CT molecular complexity index is 512. The number of rotatable bonds is 1. The molecule has 0 spiro atoms. The third-order valence-electron chi connectivity index (χ3n) is 2.31. The Kier molecular flexibility index (Phi) is 2.42. The molecule has 0 aliphatic rings. The Labute approximate surface area is 88.1 Å². The summed E-state index contributed by atoms with van der Waals surface area (Å²) in [6.45, 7) is 1.92. The predicted molar refractivity (Wildman–Crippen MR) is 56.9 cm³/mol. The maximum absolute atomic E-state index is 8.88. The summed E-state index contributed by atoms with van der Waals surface area (Å²) in [5, 5.41) is 8.88. The maximum atomic E-state index is 8.88. The minimum atomic E-state index is 0.608. The van der Waals surface area contributed by atoms with Gasteiger partial charge in [-0.05, 0) is 18.6 Å². The van der Waals surface area contributed by atoms with E-state index in [1.165, 1.54) is 0 Å². The van der Waals surface area contributed by atoms with E-state index in [1.54, 1.807) is 24.8 Å². The SMILES string of the molecule is Cc1c(C#N)cncc1-c1cccnc1. The van der Waals surface area contributed by atoms with Gasteiger partial charge in [0.25, 0.3) is 0 Å². The van der Waals surface area contributed by atoms with E-state index in [0.29, 0.717) is 5.56 Å². The summed E-state index contributed by atoms with van der Waals surface area (Å²) in [6.07, 6.45) is 6.83. The normalized spacial score (nSPS) is 9.60. The zero-order chi connectivity index (χ0) is 10.7. The van der Waals surface area contributed by atoms with Crippen molar-refractivity contribution in [3.8, 4) is 17.2 Å². The minimum absolute atomic E-state index is 0.608. The van der Waals surface area contributed by atoms with Crippen LogP contribution in [0.2, 0.25) is 0 Å². The molecule has 0 radical (unpaired) electrons. The van der Waals surface area contributed by atoms with Gasteiger partial charge in [-0.3, -0.25) is 9.97 Å². The lowest BCUT2D eigenvalue weighted by molar-refractivity contribution is 1.24. The lowest BCUT2D eigenvalue weighted by atomic mass is 10.0. The summed E-state index contributed by atoms with van der Waals surface area (Å²) >= 11 is 0. The van der Waals surface area contributed by atoms with E-state index >= 15 is 0 Å². The summed E-state index contributed by atoms with van der Waals surface area (Å²) < 4.78 is 0. The average Bonchev–Trinajstić information content (AvgIpc) is 2.30. The fraction of sp³-hybridized carbons (Fsp3) is 0.0833. The van der Waals surface area contributed by atoms with E-state index < -0.39 is 0 Å². The topological polar surface area (TPSA) is 49.6 Å². The number of hydrogen-bond donors (Lipinski definition) is 0. The van der Waals surface area contributed by atoms with Gasteiger partial charge in [0.1, 0.15) is 6.07 Å². The molecule has 0 fully saturated rings. The second-order valence-corrected chi connectivity index (χ2v) is 3.21. The third-order valence-corrected chi connectivity index (χ3v) is 2.31. The van der Waals surface area contributed by atoms with Gasteiger partial charge in [0.15, 0.2) is 0 Å². The Morgan fingerprint density at radius 2 is 2.07 bits per heavy atom. The van der Waals surface area contributed by atoms with Gasteiger partial charge in [-0.25, -0.2) is 0 Å².